The number of quaternary nitrogens is 1. The first kappa shape index (κ1) is 24.2. The van der Waals surface area contributed by atoms with Crippen molar-refractivity contribution in [2.45, 2.75) is 57.1 Å². The van der Waals surface area contributed by atoms with Crippen LogP contribution in [-0.2, 0) is 26.5 Å². The van der Waals surface area contributed by atoms with Crippen molar-refractivity contribution in [1.82, 2.24) is 4.72 Å². The molecule has 1 aromatic heterocycles. The number of nitrogens with one attached hydrogen (secondary N) is 2. The lowest BCUT2D eigenvalue weighted by molar-refractivity contribution is -0.994. The van der Waals surface area contributed by atoms with Crippen LogP contribution in [0.25, 0.3) is 0 Å². The van der Waals surface area contributed by atoms with Gasteiger partial charge in [0.2, 0.25) is 20.0 Å². The Balaban J connectivity index is 1.74. The smallest absolute Gasteiger partial charge is 0.240 e. The third-order valence-electron chi connectivity index (χ3n) is 6.44. The number of rotatable bonds is 8. The highest BCUT2D eigenvalue weighted by molar-refractivity contribution is 7.92. The largest absolute Gasteiger partial charge is 0.311 e. The molecule has 0 bridgehead atoms. The fraction of sp³-hybridized carbons (Fsp3) is 0.524. The molecule has 0 spiro atoms. The van der Waals surface area contributed by atoms with Gasteiger partial charge in [-0.2, -0.15) is 0 Å². The predicted octanol–water partition coefficient (Wildman–Crippen LogP) is 3.33. The summed E-state index contributed by atoms with van der Waals surface area (Å²) < 4.78 is 54.2. The minimum Gasteiger partial charge on any atom is -0.311 e. The average molecular weight is 487 g/mol. The van der Waals surface area contributed by atoms with Crippen LogP contribution in [0.2, 0.25) is 0 Å². The van der Waals surface area contributed by atoms with Crippen molar-refractivity contribution in [1.29, 1.82) is 0 Å². The fourth-order valence-corrected chi connectivity index (χ4v) is 7.63. The molecule has 1 unspecified atom stereocenters. The van der Waals surface area contributed by atoms with Crippen molar-refractivity contribution < 1.29 is 21.3 Å². The number of thiophene rings is 1. The van der Waals surface area contributed by atoms with Crippen LogP contribution < -0.4 is 9.44 Å². The zero-order valence-corrected chi connectivity index (χ0v) is 21.1. The molecule has 0 saturated heterocycles. The predicted molar refractivity (Wildman–Crippen MR) is 126 cm³/mol. The van der Waals surface area contributed by atoms with Gasteiger partial charge in [-0.05, 0) is 69.0 Å². The van der Waals surface area contributed by atoms with Crippen molar-refractivity contribution in [3.63, 3.8) is 0 Å². The first-order valence-electron chi connectivity index (χ1n) is 10.4. The summed E-state index contributed by atoms with van der Waals surface area (Å²) in [5, 5.41) is 2.15. The molecule has 1 aliphatic rings. The van der Waals surface area contributed by atoms with Gasteiger partial charge in [0.05, 0.1) is 41.2 Å². The molecule has 7 nitrogen and oxygen atoms in total. The molecule has 2 N–H and O–H groups in total. The highest BCUT2D eigenvalue weighted by Gasteiger charge is 2.47. The van der Waals surface area contributed by atoms with Gasteiger partial charge >= 0.3 is 0 Å². The van der Waals surface area contributed by atoms with Gasteiger partial charge in [-0.1, -0.05) is 0 Å². The van der Waals surface area contributed by atoms with Crippen molar-refractivity contribution in [2.24, 2.45) is 0 Å². The van der Waals surface area contributed by atoms with Crippen LogP contribution >= 0.6 is 11.3 Å². The van der Waals surface area contributed by atoms with Crippen LogP contribution in [-0.4, -0.2) is 52.7 Å². The maximum atomic E-state index is 12.8. The number of fused-ring (bicyclic) bond motifs is 1. The molecule has 1 aliphatic heterocycles. The SMILES string of the molecule is CC(C)[N+]1(CCNS(=O)(=O)c2ccc(NS(C)(=O)=O)cc2)[C@H](C)Cc2ccsc2[C@@H]1C. The van der Waals surface area contributed by atoms with E-state index < -0.39 is 20.0 Å². The van der Waals surface area contributed by atoms with E-state index >= 15 is 0 Å². The second kappa shape index (κ2) is 8.82. The number of hydrogen-bond acceptors (Lipinski definition) is 5. The fourth-order valence-electron chi connectivity index (χ4n) is 4.97. The summed E-state index contributed by atoms with van der Waals surface area (Å²) in [6.07, 6.45) is 2.05. The molecule has 3 rings (SSSR count). The maximum Gasteiger partial charge on any atom is 0.240 e. The van der Waals surface area contributed by atoms with Gasteiger partial charge in [0.25, 0.3) is 0 Å². The van der Waals surface area contributed by atoms with Crippen LogP contribution in [0.5, 0.6) is 0 Å². The number of hydrogen-bond donors (Lipinski definition) is 2. The summed E-state index contributed by atoms with van der Waals surface area (Å²) >= 11 is 1.79. The van der Waals surface area contributed by atoms with Crippen molar-refractivity contribution in [3.8, 4) is 0 Å². The molecule has 1 aromatic carbocycles. The average Bonchev–Trinajstić information content (AvgIpc) is 3.11. The van der Waals surface area contributed by atoms with E-state index in [4.69, 9.17) is 0 Å². The van der Waals surface area contributed by atoms with Crippen LogP contribution in [0.3, 0.4) is 0 Å². The Morgan fingerprint density at radius 3 is 2.32 bits per heavy atom. The third-order valence-corrected chi connectivity index (χ3v) is 9.65. The quantitative estimate of drug-likeness (QED) is 0.560. The highest BCUT2D eigenvalue weighted by Crippen LogP contribution is 2.44. The van der Waals surface area contributed by atoms with Crippen molar-refractivity contribution in [3.05, 3.63) is 46.2 Å². The van der Waals surface area contributed by atoms with Crippen LogP contribution in [0.15, 0.2) is 40.6 Å². The zero-order valence-electron chi connectivity index (χ0n) is 18.6. The number of anilines is 1. The summed E-state index contributed by atoms with van der Waals surface area (Å²) in [6.45, 7) is 9.98. The lowest BCUT2D eigenvalue weighted by Gasteiger charge is -2.53. The molecule has 0 radical (unpaired) electrons. The second-order valence-electron chi connectivity index (χ2n) is 8.65. The van der Waals surface area contributed by atoms with E-state index in [1.165, 1.54) is 34.7 Å². The minimum absolute atomic E-state index is 0.114. The standard InChI is InChI=1S/C21H32N3O4S3/c1-15(2)24(16(3)14-18-10-13-29-21(18)17(24)4)12-11-22-31(27,28)20-8-6-19(7-9-20)23-30(5,25)26/h6-10,13,15-17,22-23H,11-12,14H2,1-5H3/q+1/t16-,17+,24?/m1/s1. The molecule has 3 atom stereocenters. The molecule has 172 valence electrons. The van der Waals surface area contributed by atoms with Gasteiger partial charge in [-0.3, -0.25) is 4.72 Å². The van der Waals surface area contributed by atoms with Gasteiger partial charge < -0.3 is 4.48 Å². The Morgan fingerprint density at radius 1 is 1.10 bits per heavy atom. The van der Waals surface area contributed by atoms with E-state index in [9.17, 15) is 16.8 Å². The summed E-state index contributed by atoms with van der Waals surface area (Å²) in [5.74, 6) is 0. The normalized spacial score (nSPS) is 24.2. The Bertz CT molecular complexity index is 1120. The summed E-state index contributed by atoms with van der Waals surface area (Å²) in [5.41, 5.74) is 1.75. The van der Waals surface area contributed by atoms with Gasteiger partial charge in [0.1, 0.15) is 6.04 Å². The summed E-state index contributed by atoms with van der Waals surface area (Å²) in [7, 11) is -7.10. The monoisotopic (exact) mass is 486 g/mol. The molecule has 31 heavy (non-hydrogen) atoms. The minimum atomic E-state index is -3.69. The van der Waals surface area contributed by atoms with Crippen LogP contribution in [0.4, 0.5) is 5.69 Å². The molecule has 10 heteroatoms. The van der Waals surface area contributed by atoms with E-state index in [1.807, 2.05) is 0 Å². The number of benzene rings is 1. The molecule has 0 aliphatic carbocycles. The highest BCUT2D eigenvalue weighted by atomic mass is 32.2. The van der Waals surface area contributed by atoms with Crippen molar-refractivity contribution >= 4 is 37.1 Å². The Labute approximate surface area is 190 Å². The van der Waals surface area contributed by atoms with Gasteiger partial charge in [-0.15, -0.1) is 11.3 Å². The topological polar surface area (TPSA) is 92.3 Å². The lowest BCUT2D eigenvalue weighted by atomic mass is 9.90. The van der Waals surface area contributed by atoms with Crippen LogP contribution in [0, 0.1) is 0 Å². The first-order valence-corrected chi connectivity index (χ1v) is 14.6. The van der Waals surface area contributed by atoms with E-state index in [0.29, 0.717) is 36.9 Å². The second-order valence-corrected chi connectivity index (χ2v) is 13.1. The Hall–Kier alpha value is -1.46. The first-order chi connectivity index (χ1) is 14.4. The molecule has 0 amide bonds. The zero-order chi connectivity index (χ0) is 23.0. The van der Waals surface area contributed by atoms with E-state index in [1.54, 1.807) is 11.3 Å². The maximum absolute atomic E-state index is 12.8. The van der Waals surface area contributed by atoms with E-state index in [0.717, 1.165) is 17.2 Å². The molecule has 2 heterocycles. The van der Waals surface area contributed by atoms with E-state index in [-0.39, 0.29) is 4.90 Å². The lowest BCUT2D eigenvalue weighted by Crippen LogP contribution is -2.64. The third kappa shape index (κ3) is 4.98. The Kier molecular flexibility index (Phi) is 6.88. The van der Waals surface area contributed by atoms with Gasteiger partial charge in [0.15, 0.2) is 0 Å². The van der Waals surface area contributed by atoms with Crippen molar-refractivity contribution in [2.75, 3.05) is 24.1 Å². The molecule has 0 saturated carbocycles. The van der Waals surface area contributed by atoms with Gasteiger partial charge in [-0.25, -0.2) is 21.6 Å². The molecular weight excluding hydrogens is 454 g/mol. The van der Waals surface area contributed by atoms with E-state index in [2.05, 4.69) is 48.6 Å². The molecular formula is C21H32N3O4S3+. The molecule has 2 aromatic rings. The molecule has 0 fully saturated rings. The summed E-state index contributed by atoms with van der Waals surface area (Å²) in [4.78, 5) is 1.52. The number of nitrogens with zero attached hydrogens (tertiary/aromatic N) is 1. The van der Waals surface area contributed by atoms with Gasteiger partial charge in [0, 0.05) is 12.1 Å². The van der Waals surface area contributed by atoms with Crippen LogP contribution in [0.1, 0.15) is 44.2 Å². The number of sulfonamides is 2. The summed E-state index contributed by atoms with van der Waals surface area (Å²) in [6, 6.07) is 8.99. The Morgan fingerprint density at radius 2 is 1.74 bits per heavy atom.